The van der Waals surface area contributed by atoms with Crippen LogP contribution < -0.4 is 4.72 Å². The molecule has 0 spiro atoms. The molecule has 0 radical (unpaired) electrons. The zero-order valence-electron chi connectivity index (χ0n) is 14.0. The molecule has 1 aliphatic rings. The molecule has 1 aromatic carbocycles. The monoisotopic (exact) mass is 390 g/mol. The summed E-state index contributed by atoms with van der Waals surface area (Å²) < 4.78 is 53.6. The van der Waals surface area contributed by atoms with Crippen molar-refractivity contribution < 1.29 is 26.7 Å². The first-order valence-corrected chi connectivity index (χ1v) is 10.7. The molecule has 1 aromatic rings. The Bertz CT molecular complexity index is 841. The van der Waals surface area contributed by atoms with Gasteiger partial charge in [0.2, 0.25) is 20.0 Å². The molecule has 0 unspecified atom stereocenters. The molecule has 0 amide bonds. The Morgan fingerprint density at radius 3 is 2.04 bits per heavy atom. The zero-order chi connectivity index (χ0) is 18.8. The van der Waals surface area contributed by atoms with Crippen LogP contribution in [0.1, 0.15) is 25.7 Å². The molecule has 1 fully saturated rings. The van der Waals surface area contributed by atoms with Gasteiger partial charge >= 0.3 is 5.97 Å². The maximum absolute atomic E-state index is 12.7. The summed E-state index contributed by atoms with van der Waals surface area (Å²) in [4.78, 5) is 10.4. The first-order chi connectivity index (χ1) is 11.6. The topological polar surface area (TPSA) is 121 Å². The summed E-state index contributed by atoms with van der Waals surface area (Å²) in [5.74, 6) is -1.33. The highest BCUT2D eigenvalue weighted by Crippen LogP contribution is 2.27. The lowest BCUT2D eigenvalue weighted by molar-refractivity contribution is -0.142. The average molecular weight is 390 g/mol. The Labute approximate surface area is 147 Å². The standard InChI is InChI=1S/C15H22N2O6S2/c1-17(2)25(22,23)14-6-4-3-5-13(14)24(20,21)16-12-9-7-11(8-10-12)15(18)19/h3-6,11-12,16H,7-10H2,1-2H3,(H,18,19). The fraction of sp³-hybridized carbons (Fsp3) is 0.533. The third kappa shape index (κ3) is 4.38. The van der Waals surface area contributed by atoms with E-state index in [4.69, 9.17) is 5.11 Å². The Morgan fingerprint density at radius 2 is 1.56 bits per heavy atom. The molecule has 0 aliphatic heterocycles. The number of nitrogens with one attached hydrogen (secondary N) is 1. The summed E-state index contributed by atoms with van der Waals surface area (Å²) >= 11 is 0. The molecule has 0 bridgehead atoms. The van der Waals surface area contributed by atoms with Crippen LogP contribution in [0.4, 0.5) is 0 Å². The molecule has 2 rings (SSSR count). The van der Waals surface area contributed by atoms with Crippen molar-refractivity contribution >= 4 is 26.0 Å². The van der Waals surface area contributed by atoms with Crippen molar-refractivity contribution in [3.8, 4) is 0 Å². The number of sulfonamides is 2. The fourth-order valence-electron chi connectivity index (χ4n) is 2.82. The van der Waals surface area contributed by atoms with Crippen LogP contribution in [-0.2, 0) is 24.8 Å². The van der Waals surface area contributed by atoms with E-state index in [-0.39, 0.29) is 9.79 Å². The first-order valence-electron chi connectivity index (χ1n) is 7.82. The van der Waals surface area contributed by atoms with Crippen molar-refractivity contribution in [3.63, 3.8) is 0 Å². The fourth-order valence-corrected chi connectivity index (χ4v) is 5.83. The SMILES string of the molecule is CN(C)S(=O)(=O)c1ccccc1S(=O)(=O)NC1CCC(C(=O)O)CC1. The second-order valence-corrected chi connectivity index (χ2v) is 10.0. The Hall–Kier alpha value is -1.49. The van der Waals surface area contributed by atoms with Crippen molar-refractivity contribution in [2.45, 2.75) is 41.5 Å². The summed E-state index contributed by atoms with van der Waals surface area (Å²) in [6.45, 7) is 0. The van der Waals surface area contributed by atoms with Gasteiger partial charge < -0.3 is 5.11 Å². The second kappa shape index (κ2) is 7.40. The van der Waals surface area contributed by atoms with Gasteiger partial charge in [0.1, 0.15) is 9.79 Å². The van der Waals surface area contributed by atoms with Gasteiger partial charge in [0.05, 0.1) is 5.92 Å². The highest BCUT2D eigenvalue weighted by atomic mass is 32.2. The molecule has 0 aromatic heterocycles. The quantitative estimate of drug-likeness (QED) is 0.743. The van der Waals surface area contributed by atoms with E-state index in [1.165, 1.54) is 38.4 Å². The number of carbonyl (C=O) groups is 1. The molecule has 140 valence electrons. The van der Waals surface area contributed by atoms with Crippen molar-refractivity contribution in [1.82, 2.24) is 9.03 Å². The van der Waals surface area contributed by atoms with Crippen LogP contribution in [-0.4, -0.2) is 52.4 Å². The van der Waals surface area contributed by atoms with E-state index in [0.717, 1.165) is 4.31 Å². The number of benzene rings is 1. The van der Waals surface area contributed by atoms with Crippen LogP contribution in [0.5, 0.6) is 0 Å². The van der Waals surface area contributed by atoms with E-state index in [1.807, 2.05) is 0 Å². The number of rotatable bonds is 6. The van der Waals surface area contributed by atoms with Crippen molar-refractivity contribution in [1.29, 1.82) is 0 Å². The van der Waals surface area contributed by atoms with Crippen molar-refractivity contribution in [2.75, 3.05) is 14.1 Å². The minimum Gasteiger partial charge on any atom is -0.481 e. The minimum atomic E-state index is -4.05. The zero-order valence-corrected chi connectivity index (χ0v) is 15.7. The maximum atomic E-state index is 12.7. The molecule has 8 nitrogen and oxygen atoms in total. The largest absolute Gasteiger partial charge is 0.481 e. The summed E-state index contributed by atoms with van der Waals surface area (Å²) in [6, 6.07) is 5.03. The summed E-state index contributed by atoms with van der Waals surface area (Å²) in [7, 11) is -5.30. The highest BCUT2D eigenvalue weighted by molar-refractivity contribution is 7.92. The molecule has 25 heavy (non-hydrogen) atoms. The number of carboxylic acids is 1. The summed E-state index contributed by atoms with van der Waals surface area (Å²) in [5, 5.41) is 9.00. The van der Waals surface area contributed by atoms with Crippen LogP contribution >= 0.6 is 0 Å². The van der Waals surface area contributed by atoms with Gasteiger partial charge in [-0.3, -0.25) is 4.79 Å². The summed E-state index contributed by atoms with van der Waals surface area (Å²) in [6.07, 6.45) is 1.58. The van der Waals surface area contributed by atoms with Gasteiger partial charge in [0.25, 0.3) is 0 Å². The van der Waals surface area contributed by atoms with E-state index >= 15 is 0 Å². The molecule has 1 saturated carbocycles. The van der Waals surface area contributed by atoms with Crippen molar-refractivity contribution in [3.05, 3.63) is 24.3 Å². The van der Waals surface area contributed by atoms with Gasteiger partial charge in [-0.05, 0) is 37.8 Å². The van der Waals surface area contributed by atoms with E-state index < -0.39 is 38.0 Å². The predicted molar refractivity (Wildman–Crippen MR) is 91.0 cm³/mol. The highest BCUT2D eigenvalue weighted by Gasteiger charge is 2.32. The van der Waals surface area contributed by atoms with Gasteiger partial charge in [0, 0.05) is 20.1 Å². The second-order valence-electron chi connectivity index (χ2n) is 6.24. The molecule has 0 heterocycles. The smallest absolute Gasteiger partial charge is 0.306 e. The molecular weight excluding hydrogens is 368 g/mol. The molecule has 0 saturated heterocycles. The predicted octanol–water partition coefficient (Wildman–Crippen LogP) is 0.859. The van der Waals surface area contributed by atoms with Crippen LogP contribution in [0.25, 0.3) is 0 Å². The van der Waals surface area contributed by atoms with Crippen molar-refractivity contribution in [2.24, 2.45) is 5.92 Å². The van der Waals surface area contributed by atoms with Crippen LogP contribution in [0, 0.1) is 5.92 Å². The first kappa shape index (κ1) is 19.8. The third-order valence-electron chi connectivity index (χ3n) is 4.30. The van der Waals surface area contributed by atoms with E-state index in [2.05, 4.69) is 4.72 Å². The van der Waals surface area contributed by atoms with Gasteiger partial charge in [-0.2, -0.15) is 0 Å². The number of aliphatic carboxylic acids is 1. The maximum Gasteiger partial charge on any atom is 0.306 e. The number of hydrogen-bond acceptors (Lipinski definition) is 5. The van der Waals surface area contributed by atoms with Gasteiger partial charge in [0.15, 0.2) is 0 Å². The molecule has 10 heteroatoms. The normalized spacial score (nSPS) is 22.0. The summed E-state index contributed by atoms with van der Waals surface area (Å²) in [5.41, 5.74) is 0. The van der Waals surface area contributed by atoms with Crippen LogP contribution in [0.2, 0.25) is 0 Å². The minimum absolute atomic E-state index is 0.285. The lowest BCUT2D eigenvalue weighted by Gasteiger charge is -2.27. The van der Waals surface area contributed by atoms with E-state index in [0.29, 0.717) is 25.7 Å². The number of hydrogen-bond donors (Lipinski definition) is 2. The Morgan fingerprint density at radius 1 is 1.04 bits per heavy atom. The third-order valence-corrected chi connectivity index (χ3v) is 7.88. The van der Waals surface area contributed by atoms with Gasteiger partial charge in [-0.15, -0.1) is 0 Å². The van der Waals surface area contributed by atoms with E-state index in [1.54, 1.807) is 0 Å². The van der Waals surface area contributed by atoms with Gasteiger partial charge in [-0.25, -0.2) is 25.9 Å². The Kier molecular flexibility index (Phi) is 5.87. The van der Waals surface area contributed by atoms with E-state index in [9.17, 15) is 21.6 Å². The van der Waals surface area contributed by atoms with Crippen LogP contribution in [0.3, 0.4) is 0 Å². The number of carboxylic acid groups (broad SMARTS) is 1. The number of nitrogens with zero attached hydrogens (tertiary/aromatic N) is 1. The average Bonchev–Trinajstić information content (AvgIpc) is 2.55. The van der Waals surface area contributed by atoms with Crippen LogP contribution in [0.15, 0.2) is 34.1 Å². The van der Waals surface area contributed by atoms with Gasteiger partial charge in [-0.1, -0.05) is 12.1 Å². The molecule has 2 N–H and O–H groups in total. The molecule has 0 atom stereocenters. The molecule has 1 aliphatic carbocycles. The molecular formula is C15H22N2O6S2. The lowest BCUT2D eigenvalue weighted by Crippen LogP contribution is -2.39. The lowest BCUT2D eigenvalue weighted by atomic mass is 9.87. The Balaban J connectivity index is 2.26.